The summed E-state index contributed by atoms with van der Waals surface area (Å²) in [7, 11) is 0. The van der Waals surface area contributed by atoms with Gasteiger partial charge in [0, 0.05) is 10.9 Å². The molecular weight excluding hydrogens is 168 g/mol. The molecule has 0 spiro atoms. The highest BCUT2D eigenvalue weighted by atomic mass is 16.4. The molecule has 0 bridgehead atoms. The third kappa shape index (κ3) is 1.09. The van der Waals surface area contributed by atoms with Crippen LogP contribution in [0, 0.1) is 6.92 Å². The molecule has 0 atom stereocenters. The molecule has 13 heavy (non-hydrogen) atoms. The summed E-state index contributed by atoms with van der Waals surface area (Å²) in [4.78, 5) is 10.7. The molecule has 0 fully saturated rings. The number of rotatable bonds is 1. The summed E-state index contributed by atoms with van der Waals surface area (Å²) in [6, 6.07) is 7.11. The predicted molar refractivity (Wildman–Crippen MR) is 47.6 cm³/mol. The van der Waals surface area contributed by atoms with E-state index in [2.05, 4.69) is 6.92 Å². The van der Waals surface area contributed by atoms with E-state index in [0.29, 0.717) is 11.1 Å². The van der Waals surface area contributed by atoms with Crippen molar-refractivity contribution in [3.8, 4) is 0 Å². The molecule has 0 amide bonds. The number of hydrogen-bond acceptors (Lipinski definition) is 2. The van der Waals surface area contributed by atoms with Gasteiger partial charge in [0.1, 0.15) is 5.58 Å². The van der Waals surface area contributed by atoms with Crippen molar-refractivity contribution < 1.29 is 14.3 Å². The summed E-state index contributed by atoms with van der Waals surface area (Å²) in [5.74, 6) is -1.16. The highest BCUT2D eigenvalue weighted by Crippen LogP contribution is 2.24. The maximum atomic E-state index is 10.7. The lowest BCUT2D eigenvalue weighted by Crippen LogP contribution is -1.94. The molecule has 0 saturated carbocycles. The zero-order chi connectivity index (χ0) is 9.42. The highest BCUT2D eigenvalue weighted by Gasteiger charge is 2.15. The molecule has 3 nitrogen and oxygen atoms in total. The molecule has 2 rings (SSSR count). The van der Waals surface area contributed by atoms with Crippen LogP contribution >= 0.6 is 0 Å². The number of carboxylic acid groups (broad SMARTS) is 1. The normalized spacial score (nSPS) is 10.5. The Kier molecular flexibility index (Phi) is 1.59. The number of carboxylic acids is 1. The van der Waals surface area contributed by atoms with Crippen molar-refractivity contribution >= 4 is 16.9 Å². The molecule has 0 aliphatic heterocycles. The fourth-order valence-electron chi connectivity index (χ4n) is 1.27. The van der Waals surface area contributed by atoms with Gasteiger partial charge in [-0.25, -0.2) is 4.79 Å². The van der Waals surface area contributed by atoms with Gasteiger partial charge in [0.05, 0.1) is 0 Å². The van der Waals surface area contributed by atoms with Crippen molar-refractivity contribution in [2.45, 2.75) is 0 Å². The van der Waals surface area contributed by atoms with Crippen LogP contribution < -0.4 is 0 Å². The van der Waals surface area contributed by atoms with Crippen LogP contribution in [0.25, 0.3) is 11.0 Å². The first-order valence-electron chi connectivity index (χ1n) is 3.77. The fraction of sp³-hybridized carbons (Fsp3) is 0. The average Bonchev–Trinajstić information content (AvgIpc) is 2.45. The number of aromatic carboxylic acids is 1. The minimum absolute atomic E-state index is 0.0822. The second-order valence-corrected chi connectivity index (χ2v) is 2.71. The van der Waals surface area contributed by atoms with Gasteiger partial charge in [-0.3, -0.25) is 0 Å². The highest BCUT2D eigenvalue weighted by molar-refractivity contribution is 5.95. The Morgan fingerprint density at radius 3 is 2.69 bits per heavy atom. The van der Waals surface area contributed by atoms with Crippen molar-refractivity contribution in [3.05, 3.63) is 42.5 Å². The molecule has 0 aliphatic rings. The molecular formula is C10H7O3. The maximum absolute atomic E-state index is 10.7. The summed E-state index contributed by atoms with van der Waals surface area (Å²) < 4.78 is 5.10. The zero-order valence-corrected chi connectivity index (χ0v) is 6.78. The molecule has 0 unspecified atom stereocenters. The Bertz CT molecular complexity index is 468. The summed E-state index contributed by atoms with van der Waals surface area (Å²) in [5, 5.41) is 9.48. The standard InChI is InChI=1S/C10H7O3/c1-6-7-4-2-3-5-8(7)13-9(6)10(11)12/h2-5H,1H2,(H,11,12). The first kappa shape index (κ1) is 7.86. The van der Waals surface area contributed by atoms with Gasteiger partial charge >= 0.3 is 5.97 Å². The lowest BCUT2D eigenvalue weighted by Gasteiger charge is -1.86. The van der Waals surface area contributed by atoms with E-state index in [4.69, 9.17) is 9.52 Å². The van der Waals surface area contributed by atoms with Crippen LogP contribution in [0.3, 0.4) is 0 Å². The van der Waals surface area contributed by atoms with E-state index in [-0.39, 0.29) is 5.76 Å². The van der Waals surface area contributed by atoms with Gasteiger partial charge in [-0.2, -0.15) is 0 Å². The molecule has 1 heterocycles. The molecule has 0 saturated heterocycles. The van der Waals surface area contributed by atoms with Crippen LogP contribution in [0.15, 0.2) is 28.7 Å². The molecule has 3 heteroatoms. The predicted octanol–water partition coefficient (Wildman–Crippen LogP) is 2.31. The summed E-state index contributed by atoms with van der Waals surface area (Å²) in [6.07, 6.45) is 0. The number of fused-ring (bicyclic) bond motifs is 1. The van der Waals surface area contributed by atoms with Gasteiger partial charge in [0.2, 0.25) is 5.76 Å². The number of para-hydroxylation sites is 1. The van der Waals surface area contributed by atoms with Crippen molar-refractivity contribution in [2.24, 2.45) is 0 Å². The summed E-state index contributed by atoms with van der Waals surface area (Å²) in [6.45, 7) is 3.66. The van der Waals surface area contributed by atoms with E-state index in [0.717, 1.165) is 5.39 Å². The molecule has 1 radical (unpaired) electrons. The molecule has 2 aromatic rings. The number of furan rings is 1. The smallest absolute Gasteiger partial charge is 0.372 e. The van der Waals surface area contributed by atoms with Crippen molar-refractivity contribution in [1.82, 2.24) is 0 Å². The van der Waals surface area contributed by atoms with Gasteiger partial charge < -0.3 is 9.52 Å². The van der Waals surface area contributed by atoms with Crippen LogP contribution in [0.2, 0.25) is 0 Å². The van der Waals surface area contributed by atoms with Crippen LogP contribution in [-0.4, -0.2) is 11.1 Å². The van der Waals surface area contributed by atoms with Gasteiger partial charge in [-0.1, -0.05) is 18.2 Å². The Hall–Kier alpha value is -1.77. The summed E-state index contributed by atoms with van der Waals surface area (Å²) >= 11 is 0. The minimum atomic E-state index is -1.08. The van der Waals surface area contributed by atoms with Crippen LogP contribution in [0.5, 0.6) is 0 Å². The SMILES string of the molecule is [CH2]c1c(C(=O)O)oc2ccccc12. The second-order valence-electron chi connectivity index (χ2n) is 2.71. The zero-order valence-electron chi connectivity index (χ0n) is 6.78. The lowest BCUT2D eigenvalue weighted by molar-refractivity contribution is 0.0664. The minimum Gasteiger partial charge on any atom is -0.475 e. The largest absolute Gasteiger partial charge is 0.475 e. The molecule has 1 N–H and O–H groups in total. The Morgan fingerprint density at radius 2 is 2.08 bits per heavy atom. The van der Waals surface area contributed by atoms with Crippen LogP contribution in [0.4, 0.5) is 0 Å². The first-order chi connectivity index (χ1) is 6.20. The molecule has 65 valence electrons. The van der Waals surface area contributed by atoms with Gasteiger partial charge in [-0.15, -0.1) is 0 Å². The van der Waals surface area contributed by atoms with E-state index in [1.54, 1.807) is 18.2 Å². The number of carbonyl (C=O) groups is 1. The molecule has 1 aromatic heterocycles. The maximum Gasteiger partial charge on any atom is 0.372 e. The quantitative estimate of drug-likeness (QED) is 0.723. The lowest BCUT2D eigenvalue weighted by atomic mass is 10.1. The molecule has 0 aliphatic carbocycles. The van der Waals surface area contributed by atoms with Crippen molar-refractivity contribution in [3.63, 3.8) is 0 Å². The van der Waals surface area contributed by atoms with E-state index < -0.39 is 5.97 Å². The Balaban J connectivity index is 2.81. The monoisotopic (exact) mass is 175 g/mol. The van der Waals surface area contributed by atoms with Crippen molar-refractivity contribution in [2.75, 3.05) is 0 Å². The van der Waals surface area contributed by atoms with E-state index in [1.807, 2.05) is 6.07 Å². The van der Waals surface area contributed by atoms with E-state index >= 15 is 0 Å². The topological polar surface area (TPSA) is 50.4 Å². The number of hydrogen-bond donors (Lipinski definition) is 1. The van der Waals surface area contributed by atoms with Gasteiger partial charge in [-0.05, 0) is 13.0 Å². The van der Waals surface area contributed by atoms with Gasteiger partial charge in [0.25, 0.3) is 0 Å². The fourth-order valence-corrected chi connectivity index (χ4v) is 1.27. The molecule has 1 aromatic carbocycles. The van der Waals surface area contributed by atoms with Crippen LogP contribution in [-0.2, 0) is 0 Å². The van der Waals surface area contributed by atoms with Gasteiger partial charge in [0.15, 0.2) is 0 Å². The third-order valence-electron chi connectivity index (χ3n) is 1.89. The van der Waals surface area contributed by atoms with Crippen molar-refractivity contribution in [1.29, 1.82) is 0 Å². The number of benzene rings is 1. The summed E-state index contributed by atoms with van der Waals surface area (Å²) in [5.41, 5.74) is 0.994. The third-order valence-corrected chi connectivity index (χ3v) is 1.89. The Labute approximate surface area is 74.6 Å². The second kappa shape index (κ2) is 2.62. The van der Waals surface area contributed by atoms with Crippen LogP contribution in [0.1, 0.15) is 16.1 Å². The Morgan fingerprint density at radius 1 is 1.38 bits per heavy atom. The average molecular weight is 175 g/mol. The van der Waals surface area contributed by atoms with E-state index in [1.165, 1.54) is 0 Å². The first-order valence-corrected chi connectivity index (χ1v) is 3.77. The van der Waals surface area contributed by atoms with E-state index in [9.17, 15) is 4.79 Å².